The lowest BCUT2D eigenvalue weighted by Gasteiger charge is -2.26. The molecule has 5 nitrogen and oxygen atoms in total. The van der Waals surface area contributed by atoms with E-state index in [1.807, 2.05) is 36.1 Å². The van der Waals surface area contributed by atoms with Crippen molar-refractivity contribution >= 4 is 17.7 Å². The largest absolute Gasteiger partial charge is 0.441 e. The fourth-order valence-electron chi connectivity index (χ4n) is 3.18. The molecule has 0 N–H and O–H groups in total. The molecule has 0 aliphatic carbocycles. The predicted octanol–water partition coefficient (Wildman–Crippen LogP) is 4.72. The molecule has 3 aromatic rings. The fraction of sp³-hybridized carbons (Fsp3) is 0.304. The first-order valence-electron chi connectivity index (χ1n) is 9.73. The molecule has 1 amide bonds. The van der Waals surface area contributed by atoms with Gasteiger partial charge in [0, 0.05) is 34.9 Å². The van der Waals surface area contributed by atoms with Crippen molar-refractivity contribution in [2.75, 3.05) is 26.3 Å². The summed E-state index contributed by atoms with van der Waals surface area (Å²) in [5.41, 5.74) is 3.75. The Kier molecular flexibility index (Phi) is 6.02. The van der Waals surface area contributed by atoms with Crippen LogP contribution >= 0.6 is 11.8 Å². The quantitative estimate of drug-likeness (QED) is 0.572. The molecular weight excluding hydrogens is 384 g/mol. The number of ether oxygens (including phenoxy) is 1. The summed E-state index contributed by atoms with van der Waals surface area (Å²) in [7, 11) is 0. The smallest absolute Gasteiger partial charge is 0.254 e. The van der Waals surface area contributed by atoms with Crippen molar-refractivity contribution < 1.29 is 13.9 Å². The van der Waals surface area contributed by atoms with E-state index in [0.717, 1.165) is 22.8 Å². The van der Waals surface area contributed by atoms with Crippen molar-refractivity contribution in [2.24, 2.45) is 0 Å². The van der Waals surface area contributed by atoms with Crippen molar-refractivity contribution in [3.8, 4) is 11.5 Å². The van der Waals surface area contributed by atoms with Gasteiger partial charge in [0.2, 0.25) is 5.89 Å². The topological polar surface area (TPSA) is 55.6 Å². The molecule has 2 heterocycles. The molecule has 150 valence electrons. The number of thioether (sulfide) groups is 1. The maximum atomic E-state index is 12.6. The molecular formula is C23H24N2O3S. The number of carbonyl (C=O) groups is 1. The number of morpholine rings is 1. The molecule has 1 aromatic heterocycles. The maximum absolute atomic E-state index is 12.6. The molecule has 1 fully saturated rings. The van der Waals surface area contributed by atoms with Crippen molar-refractivity contribution in [1.82, 2.24) is 9.88 Å². The molecule has 1 saturated heterocycles. The van der Waals surface area contributed by atoms with Gasteiger partial charge in [-0.15, -0.1) is 11.8 Å². The van der Waals surface area contributed by atoms with E-state index in [4.69, 9.17) is 9.15 Å². The summed E-state index contributed by atoms with van der Waals surface area (Å²) < 4.78 is 11.2. The zero-order valence-corrected chi connectivity index (χ0v) is 17.5. The molecule has 0 bridgehead atoms. The summed E-state index contributed by atoms with van der Waals surface area (Å²) in [6.45, 7) is 6.51. The number of carbonyl (C=O) groups excluding carboxylic acids is 1. The highest BCUT2D eigenvalue weighted by Gasteiger charge is 2.19. The Bertz CT molecular complexity index is 974. The Morgan fingerprint density at radius 2 is 1.72 bits per heavy atom. The number of aromatic nitrogens is 1. The summed E-state index contributed by atoms with van der Waals surface area (Å²) in [5, 5.41) is 0. The number of aryl methyl sites for hydroxylation is 2. The van der Waals surface area contributed by atoms with E-state index < -0.39 is 0 Å². The van der Waals surface area contributed by atoms with Gasteiger partial charge >= 0.3 is 0 Å². The molecule has 0 spiro atoms. The van der Waals surface area contributed by atoms with Gasteiger partial charge in [-0.3, -0.25) is 4.79 Å². The normalized spacial score (nSPS) is 14.2. The maximum Gasteiger partial charge on any atom is 0.254 e. The van der Waals surface area contributed by atoms with Crippen LogP contribution in [0.3, 0.4) is 0 Å². The average Bonchev–Trinajstić information content (AvgIpc) is 3.14. The van der Waals surface area contributed by atoms with Crippen molar-refractivity contribution in [1.29, 1.82) is 0 Å². The predicted molar refractivity (Wildman–Crippen MR) is 114 cm³/mol. The van der Waals surface area contributed by atoms with E-state index in [2.05, 4.69) is 36.2 Å². The number of oxazole rings is 1. The molecule has 1 aliphatic rings. The third-order valence-electron chi connectivity index (χ3n) is 4.97. The number of rotatable bonds is 5. The van der Waals surface area contributed by atoms with Gasteiger partial charge in [0.15, 0.2) is 0 Å². The van der Waals surface area contributed by atoms with Crippen LogP contribution in [0.5, 0.6) is 0 Å². The fourth-order valence-corrected chi connectivity index (χ4v) is 4.08. The molecule has 0 unspecified atom stereocenters. The van der Waals surface area contributed by atoms with Gasteiger partial charge in [0.1, 0.15) is 5.76 Å². The second kappa shape index (κ2) is 8.84. The number of hydrogen-bond donors (Lipinski definition) is 0. The highest BCUT2D eigenvalue weighted by molar-refractivity contribution is 7.98. The first-order valence-corrected chi connectivity index (χ1v) is 10.7. The van der Waals surface area contributed by atoms with Gasteiger partial charge in [0.25, 0.3) is 5.91 Å². The third-order valence-corrected chi connectivity index (χ3v) is 5.99. The van der Waals surface area contributed by atoms with Crippen molar-refractivity contribution in [3.63, 3.8) is 0 Å². The Hall–Kier alpha value is -2.57. The van der Waals surface area contributed by atoms with Crippen LogP contribution in [-0.4, -0.2) is 42.1 Å². The minimum Gasteiger partial charge on any atom is -0.441 e. The lowest BCUT2D eigenvalue weighted by atomic mass is 10.1. The Labute approximate surface area is 175 Å². The zero-order valence-electron chi connectivity index (χ0n) is 16.7. The van der Waals surface area contributed by atoms with Crippen LogP contribution in [-0.2, 0) is 10.5 Å². The van der Waals surface area contributed by atoms with Crippen molar-refractivity contribution in [3.05, 3.63) is 71.1 Å². The van der Waals surface area contributed by atoms with Crippen LogP contribution in [0, 0.1) is 13.8 Å². The Balaban J connectivity index is 1.43. The summed E-state index contributed by atoms with van der Waals surface area (Å²) in [6.07, 6.45) is 0. The second-order valence-electron chi connectivity index (χ2n) is 7.11. The molecule has 1 aliphatic heterocycles. The molecule has 0 saturated carbocycles. The van der Waals surface area contributed by atoms with E-state index in [1.165, 1.54) is 10.5 Å². The van der Waals surface area contributed by atoms with Gasteiger partial charge in [-0.25, -0.2) is 4.98 Å². The lowest BCUT2D eigenvalue weighted by Crippen LogP contribution is -2.40. The van der Waals surface area contributed by atoms with Crippen LogP contribution in [0.15, 0.2) is 57.8 Å². The molecule has 0 radical (unpaired) electrons. The Morgan fingerprint density at radius 3 is 2.41 bits per heavy atom. The third kappa shape index (κ3) is 4.71. The number of amides is 1. The monoisotopic (exact) mass is 408 g/mol. The van der Waals surface area contributed by atoms with E-state index in [1.54, 1.807) is 11.8 Å². The summed E-state index contributed by atoms with van der Waals surface area (Å²) >= 11 is 1.74. The summed E-state index contributed by atoms with van der Waals surface area (Å²) in [4.78, 5) is 20.3. The van der Waals surface area contributed by atoms with E-state index in [0.29, 0.717) is 37.8 Å². The molecule has 0 atom stereocenters. The summed E-state index contributed by atoms with van der Waals surface area (Å²) in [6, 6.07) is 16.0. The van der Waals surface area contributed by atoms with E-state index in [9.17, 15) is 4.79 Å². The Morgan fingerprint density at radius 1 is 1.03 bits per heavy atom. The zero-order chi connectivity index (χ0) is 20.2. The minimum atomic E-state index is 0.0404. The SMILES string of the molecule is Cc1ccc(SCc2nc(-c3ccc(C(=O)N4CCOCC4)cc3)oc2C)cc1. The van der Waals surface area contributed by atoms with Gasteiger partial charge < -0.3 is 14.1 Å². The van der Waals surface area contributed by atoms with Crippen LogP contribution in [0.4, 0.5) is 0 Å². The lowest BCUT2D eigenvalue weighted by molar-refractivity contribution is 0.0303. The number of benzene rings is 2. The molecule has 2 aromatic carbocycles. The first kappa shape index (κ1) is 19.7. The number of nitrogens with zero attached hydrogens (tertiary/aromatic N) is 2. The first-order chi connectivity index (χ1) is 14.1. The van der Waals surface area contributed by atoms with Gasteiger partial charge in [-0.1, -0.05) is 17.7 Å². The van der Waals surface area contributed by atoms with E-state index >= 15 is 0 Å². The van der Waals surface area contributed by atoms with Gasteiger partial charge in [-0.05, 0) is 50.2 Å². The van der Waals surface area contributed by atoms with Crippen LogP contribution < -0.4 is 0 Å². The molecule has 6 heteroatoms. The van der Waals surface area contributed by atoms with Crippen molar-refractivity contribution in [2.45, 2.75) is 24.5 Å². The van der Waals surface area contributed by atoms with Gasteiger partial charge in [-0.2, -0.15) is 0 Å². The van der Waals surface area contributed by atoms with Crippen LogP contribution in [0.2, 0.25) is 0 Å². The van der Waals surface area contributed by atoms with Crippen LogP contribution in [0.1, 0.15) is 27.4 Å². The highest BCUT2D eigenvalue weighted by atomic mass is 32.2. The average molecular weight is 409 g/mol. The second-order valence-corrected chi connectivity index (χ2v) is 8.15. The molecule has 4 rings (SSSR count). The summed E-state index contributed by atoms with van der Waals surface area (Å²) in [5.74, 6) is 2.21. The van der Waals surface area contributed by atoms with Gasteiger partial charge in [0.05, 0.1) is 18.9 Å². The molecule has 29 heavy (non-hydrogen) atoms. The standard InChI is InChI=1S/C23H24N2O3S/c1-16-3-9-20(10-4-16)29-15-21-17(2)28-22(24-21)18-5-7-19(8-6-18)23(26)25-11-13-27-14-12-25/h3-10H,11-15H2,1-2H3. The number of hydrogen-bond acceptors (Lipinski definition) is 5. The van der Waals surface area contributed by atoms with E-state index in [-0.39, 0.29) is 5.91 Å². The minimum absolute atomic E-state index is 0.0404. The highest BCUT2D eigenvalue weighted by Crippen LogP contribution is 2.28. The van der Waals surface area contributed by atoms with Crippen LogP contribution in [0.25, 0.3) is 11.5 Å².